The molecule has 1 aromatic carbocycles. The van der Waals surface area contributed by atoms with Gasteiger partial charge in [0.05, 0.1) is 0 Å². The van der Waals surface area contributed by atoms with Gasteiger partial charge in [-0.3, -0.25) is 4.79 Å². The van der Waals surface area contributed by atoms with Gasteiger partial charge in [0.25, 0.3) is 5.91 Å². The third kappa shape index (κ3) is 3.48. The van der Waals surface area contributed by atoms with Crippen molar-refractivity contribution in [1.29, 1.82) is 0 Å². The molecule has 1 aliphatic rings. The van der Waals surface area contributed by atoms with Gasteiger partial charge in [-0.25, -0.2) is 0 Å². The highest BCUT2D eigenvalue weighted by atomic mass is 35.5. The Hall–Kier alpha value is -1.85. The van der Waals surface area contributed by atoms with E-state index >= 15 is 0 Å². The first kappa shape index (κ1) is 15.1. The Kier molecular flexibility index (Phi) is 4.45. The molecule has 0 unspecified atom stereocenters. The summed E-state index contributed by atoms with van der Waals surface area (Å²) in [6.07, 6.45) is 3.69. The van der Waals surface area contributed by atoms with Crippen LogP contribution in [0.1, 0.15) is 36.2 Å². The number of rotatable bonds is 3. The number of halogens is 1. The van der Waals surface area contributed by atoms with E-state index < -0.39 is 0 Å². The van der Waals surface area contributed by atoms with Crippen molar-refractivity contribution in [3.05, 3.63) is 41.1 Å². The summed E-state index contributed by atoms with van der Waals surface area (Å²) >= 11 is 5.96. The molecule has 1 heterocycles. The molecule has 0 radical (unpaired) electrons. The number of carbonyl (C=O) groups excluding carboxylic acids is 1. The van der Waals surface area contributed by atoms with Gasteiger partial charge in [-0.05, 0) is 37.8 Å². The van der Waals surface area contributed by atoms with Crippen LogP contribution >= 0.6 is 11.6 Å². The Balaban J connectivity index is 1.67. The summed E-state index contributed by atoms with van der Waals surface area (Å²) in [6.45, 7) is 0. The second kappa shape index (κ2) is 6.50. The fourth-order valence-corrected chi connectivity index (χ4v) is 2.88. The maximum Gasteiger partial charge on any atom is 0.290 e. The van der Waals surface area contributed by atoms with Crippen LogP contribution in [-0.2, 0) is 0 Å². The summed E-state index contributed by atoms with van der Waals surface area (Å²) in [7, 11) is 0. The summed E-state index contributed by atoms with van der Waals surface area (Å²) < 4.78 is 5.15. The molecular weight excluding hydrogens is 302 g/mol. The predicted octanol–water partition coefficient (Wildman–Crippen LogP) is 2.99. The monoisotopic (exact) mass is 319 g/mol. The number of hydrogen-bond donors (Lipinski definition) is 2. The first-order chi connectivity index (χ1) is 10.6. The molecule has 1 fully saturated rings. The van der Waals surface area contributed by atoms with E-state index in [0.717, 1.165) is 31.2 Å². The molecule has 1 amide bonds. The fourth-order valence-electron chi connectivity index (χ4n) is 2.69. The first-order valence-corrected chi connectivity index (χ1v) is 7.79. The zero-order valence-corrected chi connectivity index (χ0v) is 12.8. The Labute approximate surface area is 133 Å². The van der Waals surface area contributed by atoms with Gasteiger partial charge < -0.3 is 15.6 Å². The van der Waals surface area contributed by atoms with Crippen molar-refractivity contribution in [2.75, 3.05) is 0 Å². The lowest BCUT2D eigenvalue weighted by molar-refractivity contribution is 0.0888. The molecule has 5 nitrogen and oxygen atoms in total. The number of nitrogens with one attached hydrogen (secondary N) is 1. The highest BCUT2D eigenvalue weighted by Gasteiger charge is 2.22. The summed E-state index contributed by atoms with van der Waals surface area (Å²) in [5, 5.41) is 7.53. The normalized spacial score (nSPS) is 21.5. The molecule has 1 aromatic heterocycles. The largest absolute Gasteiger partial charge is 0.350 e. The molecule has 2 aromatic rings. The van der Waals surface area contributed by atoms with E-state index in [1.807, 2.05) is 12.1 Å². The van der Waals surface area contributed by atoms with Crippen LogP contribution in [0.4, 0.5) is 0 Å². The maximum absolute atomic E-state index is 12.2. The third-order valence-corrected chi connectivity index (χ3v) is 4.20. The Morgan fingerprint density at radius 1 is 1.27 bits per heavy atom. The van der Waals surface area contributed by atoms with Gasteiger partial charge in [0.1, 0.15) is 5.69 Å². The Bertz CT molecular complexity index is 663. The molecule has 0 atom stereocenters. The number of hydrogen-bond acceptors (Lipinski definition) is 4. The maximum atomic E-state index is 12.2. The molecule has 22 heavy (non-hydrogen) atoms. The van der Waals surface area contributed by atoms with Crippen molar-refractivity contribution >= 4 is 17.5 Å². The second-order valence-corrected chi connectivity index (χ2v) is 6.11. The summed E-state index contributed by atoms with van der Waals surface area (Å²) in [5.41, 5.74) is 7.28. The zero-order valence-electron chi connectivity index (χ0n) is 12.1. The van der Waals surface area contributed by atoms with Crippen LogP contribution in [0.2, 0.25) is 5.02 Å². The number of carbonyl (C=O) groups is 1. The average molecular weight is 320 g/mol. The van der Waals surface area contributed by atoms with Gasteiger partial charge in [-0.1, -0.05) is 28.9 Å². The van der Waals surface area contributed by atoms with Crippen molar-refractivity contribution in [3.63, 3.8) is 0 Å². The second-order valence-electron chi connectivity index (χ2n) is 5.67. The summed E-state index contributed by atoms with van der Waals surface area (Å²) in [5.74, 6) is -0.0221. The summed E-state index contributed by atoms with van der Waals surface area (Å²) in [6, 6.07) is 9.32. The van der Waals surface area contributed by atoms with E-state index in [-0.39, 0.29) is 23.8 Å². The van der Waals surface area contributed by atoms with Gasteiger partial charge in [-0.2, -0.15) is 0 Å². The van der Waals surface area contributed by atoms with Gasteiger partial charge in [0, 0.05) is 28.7 Å². The molecule has 0 aliphatic heterocycles. The number of benzene rings is 1. The molecule has 3 N–H and O–H groups in total. The van der Waals surface area contributed by atoms with Crippen molar-refractivity contribution in [2.45, 2.75) is 37.8 Å². The van der Waals surface area contributed by atoms with Crippen LogP contribution in [0.25, 0.3) is 11.3 Å². The minimum absolute atomic E-state index is 0.159. The minimum atomic E-state index is -0.235. The smallest absolute Gasteiger partial charge is 0.290 e. The van der Waals surface area contributed by atoms with Crippen molar-refractivity contribution in [2.24, 2.45) is 5.73 Å². The lowest BCUT2D eigenvalue weighted by atomic mass is 9.92. The van der Waals surface area contributed by atoms with Crippen LogP contribution in [0.5, 0.6) is 0 Å². The Morgan fingerprint density at radius 2 is 2.05 bits per heavy atom. The van der Waals surface area contributed by atoms with Crippen molar-refractivity contribution in [1.82, 2.24) is 10.5 Å². The molecule has 0 saturated heterocycles. The highest BCUT2D eigenvalue weighted by Crippen LogP contribution is 2.23. The molecule has 0 spiro atoms. The number of amides is 1. The van der Waals surface area contributed by atoms with Gasteiger partial charge in [-0.15, -0.1) is 0 Å². The summed E-state index contributed by atoms with van der Waals surface area (Å²) in [4.78, 5) is 12.2. The SMILES string of the molecule is NC1CCC(NC(=O)c2cc(-c3cccc(Cl)c3)no2)CC1. The topological polar surface area (TPSA) is 81.1 Å². The molecule has 0 bridgehead atoms. The van der Waals surface area contributed by atoms with E-state index in [2.05, 4.69) is 10.5 Å². The van der Waals surface area contributed by atoms with E-state index in [0.29, 0.717) is 10.7 Å². The van der Waals surface area contributed by atoms with E-state index in [1.54, 1.807) is 18.2 Å². The van der Waals surface area contributed by atoms with Crippen LogP contribution in [0.15, 0.2) is 34.9 Å². The van der Waals surface area contributed by atoms with Crippen molar-refractivity contribution in [3.8, 4) is 11.3 Å². The van der Waals surface area contributed by atoms with E-state index in [4.69, 9.17) is 21.9 Å². The number of nitrogens with zero attached hydrogens (tertiary/aromatic N) is 1. The van der Waals surface area contributed by atoms with Gasteiger partial charge in [0.2, 0.25) is 5.76 Å². The first-order valence-electron chi connectivity index (χ1n) is 7.41. The minimum Gasteiger partial charge on any atom is -0.350 e. The van der Waals surface area contributed by atoms with Gasteiger partial charge in [0.15, 0.2) is 0 Å². The lowest BCUT2D eigenvalue weighted by Crippen LogP contribution is -2.40. The highest BCUT2D eigenvalue weighted by molar-refractivity contribution is 6.30. The third-order valence-electron chi connectivity index (χ3n) is 3.96. The zero-order chi connectivity index (χ0) is 15.5. The van der Waals surface area contributed by atoms with E-state index in [1.165, 1.54) is 0 Å². The molecule has 6 heteroatoms. The number of aromatic nitrogens is 1. The van der Waals surface area contributed by atoms with Crippen LogP contribution < -0.4 is 11.1 Å². The predicted molar refractivity (Wildman–Crippen MR) is 84.6 cm³/mol. The van der Waals surface area contributed by atoms with Gasteiger partial charge >= 0.3 is 0 Å². The molecule has 3 rings (SSSR count). The average Bonchev–Trinajstić information content (AvgIpc) is 3.00. The quantitative estimate of drug-likeness (QED) is 0.911. The van der Waals surface area contributed by atoms with Crippen molar-refractivity contribution < 1.29 is 9.32 Å². The molecular formula is C16H18ClN3O2. The van der Waals surface area contributed by atoms with Crippen LogP contribution in [0, 0.1) is 0 Å². The molecule has 116 valence electrons. The lowest BCUT2D eigenvalue weighted by Gasteiger charge is -2.26. The standard InChI is InChI=1S/C16H18ClN3O2/c17-11-3-1-2-10(8-11)14-9-15(22-20-14)16(21)19-13-6-4-12(18)5-7-13/h1-3,8-9,12-13H,4-7,18H2,(H,19,21). The fraction of sp³-hybridized carbons (Fsp3) is 0.375. The van der Waals surface area contributed by atoms with Crippen LogP contribution in [0.3, 0.4) is 0 Å². The molecule has 1 aliphatic carbocycles. The molecule has 1 saturated carbocycles. The van der Waals surface area contributed by atoms with E-state index in [9.17, 15) is 4.79 Å². The number of nitrogens with two attached hydrogens (primary N) is 1. The Morgan fingerprint density at radius 3 is 2.77 bits per heavy atom. The van der Waals surface area contributed by atoms with Crippen LogP contribution in [-0.4, -0.2) is 23.1 Å².